The van der Waals surface area contributed by atoms with Crippen LogP contribution in [0.5, 0.6) is 0 Å². The topological polar surface area (TPSA) is 37.8 Å². The average Bonchev–Trinajstić information content (AvgIpc) is 2.16. The van der Waals surface area contributed by atoms with Gasteiger partial charge in [-0.25, -0.2) is 9.97 Å². The predicted octanol–water partition coefficient (Wildman–Crippen LogP) is 2.53. The molecule has 0 saturated heterocycles. The molecule has 1 heterocycles. The molecule has 3 nitrogen and oxygen atoms in total. The highest BCUT2D eigenvalue weighted by atomic mass is 79.9. The molecule has 72 valence electrons. The van der Waals surface area contributed by atoms with Gasteiger partial charge in [-0.1, -0.05) is 6.92 Å². The minimum atomic E-state index is 0.434. The van der Waals surface area contributed by atoms with Crippen molar-refractivity contribution in [3.63, 3.8) is 0 Å². The van der Waals surface area contributed by atoms with Crippen LogP contribution in [0.2, 0.25) is 0 Å². The SMILES string of the molecule is CC(CCl)CNc1ncncc1Br. The van der Waals surface area contributed by atoms with Crippen LogP contribution < -0.4 is 5.32 Å². The number of rotatable bonds is 4. The lowest BCUT2D eigenvalue weighted by molar-refractivity contribution is 0.694. The van der Waals surface area contributed by atoms with E-state index in [1.807, 2.05) is 0 Å². The van der Waals surface area contributed by atoms with E-state index in [1.165, 1.54) is 6.33 Å². The Morgan fingerprint density at radius 2 is 2.46 bits per heavy atom. The molecule has 0 aliphatic rings. The number of halogens is 2. The molecule has 1 unspecified atom stereocenters. The fourth-order valence-electron chi connectivity index (χ4n) is 0.768. The summed E-state index contributed by atoms with van der Waals surface area (Å²) in [6.45, 7) is 2.90. The van der Waals surface area contributed by atoms with Gasteiger partial charge in [0.2, 0.25) is 0 Å². The van der Waals surface area contributed by atoms with Gasteiger partial charge in [0.1, 0.15) is 12.1 Å². The van der Waals surface area contributed by atoms with Gasteiger partial charge in [-0.05, 0) is 21.8 Å². The molecule has 13 heavy (non-hydrogen) atoms. The van der Waals surface area contributed by atoms with Crippen molar-refractivity contribution in [1.82, 2.24) is 9.97 Å². The van der Waals surface area contributed by atoms with Gasteiger partial charge in [0.15, 0.2) is 0 Å². The average molecular weight is 265 g/mol. The molecule has 0 fully saturated rings. The number of hydrogen-bond donors (Lipinski definition) is 1. The summed E-state index contributed by atoms with van der Waals surface area (Å²) in [5.74, 6) is 1.89. The highest BCUT2D eigenvalue weighted by Crippen LogP contribution is 2.17. The quantitative estimate of drug-likeness (QED) is 0.849. The monoisotopic (exact) mass is 263 g/mol. The van der Waals surface area contributed by atoms with Gasteiger partial charge in [0.25, 0.3) is 0 Å². The fraction of sp³-hybridized carbons (Fsp3) is 0.500. The Bertz CT molecular complexity index is 269. The zero-order chi connectivity index (χ0) is 9.68. The zero-order valence-electron chi connectivity index (χ0n) is 7.30. The molecular weight excluding hydrogens is 253 g/mol. The van der Waals surface area contributed by atoms with Gasteiger partial charge in [0, 0.05) is 18.6 Å². The predicted molar refractivity (Wildman–Crippen MR) is 58.1 cm³/mol. The van der Waals surface area contributed by atoms with Gasteiger partial charge in [-0.2, -0.15) is 0 Å². The van der Waals surface area contributed by atoms with E-state index in [2.05, 4.69) is 38.1 Å². The van der Waals surface area contributed by atoms with Crippen molar-refractivity contribution in [1.29, 1.82) is 0 Å². The first-order valence-electron chi connectivity index (χ1n) is 3.99. The Morgan fingerprint density at radius 1 is 1.69 bits per heavy atom. The third-order valence-corrected chi connectivity index (χ3v) is 2.66. The first-order chi connectivity index (χ1) is 6.24. The van der Waals surface area contributed by atoms with Crippen molar-refractivity contribution >= 4 is 33.3 Å². The highest BCUT2D eigenvalue weighted by molar-refractivity contribution is 9.10. The molecule has 0 aliphatic carbocycles. The van der Waals surface area contributed by atoms with Crippen molar-refractivity contribution in [2.24, 2.45) is 5.92 Å². The lowest BCUT2D eigenvalue weighted by atomic mass is 10.2. The van der Waals surface area contributed by atoms with E-state index in [9.17, 15) is 0 Å². The number of hydrogen-bond acceptors (Lipinski definition) is 3. The summed E-state index contributed by atoms with van der Waals surface area (Å²) in [6.07, 6.45) is 3.22. The van der Waals surface area contributed by atoms with E-state index in [4.69, 9.17) is 11.6 Å². The Morgan fingerprint density at radius 3 is 3.08 bits per heavy atom. The van der Waals surface area contributed by atoms with E-state index in [1.54, 1.807) is 6.20 Å². The summed E-state index contributed by atoms with van der Waals surface area (Å²) in [5.41, 5.74) is 0. The number of aromatic nitrogens is 2. The molecule has 1 aromatic rings. The van der Waals surface area contributed by atoms with Crippen molar-refractivity contribution in [2.75, 3.05) is 17.7 Å². The molecule has 5 heteroatoms. The van der Waals surface area contributed by atoms with Gasteiger partial charge in [-0.3, -0.25) is 0 Å². The molecule has 1 aromatic heterocycles. The second-order valence-corrected chi connectivity index (χ2v) is 4.02. The largest absolute Gasteiger partial charge is 0.369 e. The summed E-state index contributed by atoms with van der Waals surface area (Å²) in [6, 6.07) is 0. The second kappa shape index (κ2) is 5.40. The molecule has 0 saturated carbocycles. The van der Waals surface area contributed by atoms with Crippen LogP contribution in [0.15, 0.2) is 17.0 Å². The lowest BCUT2D eigenvalue weighted by Gasteiger charge is -2.10. The molecule has 0 aliphatic heterocycles. The molecule has 1 rings (SSSR count). The van der Waals surface area contributed by atoms with Gasteiger partial charge in [-0.15, -0.1) is 11.6 Å². The lowest BCUT2D eigenvalue weighted by Crippen LogP contribution is -2.13. The van der Waals surface area contributed by atoms with Crippen molar-refractivity contribution in [3.05, 3.63) is 17.0 Å². The van der Waals surface area contributed by atoms with Crippen LogP contribution in [-0.2, 0) is 0 Å². The Balaban J connectivity index is 2.50. The molecule has 1 N–H and O–H groups in total. The maximum atomic E-state index is 5.67. The van der Waals surface area contributed by atoms with Crippen molar-refractivity contribution in [3.8, 4) is 0 Å². The number of alkyl halides is 1. The summed E-state index contributed by atoms with van der Waals surface area (Å²) in [4.78, 5) is 7.94. The maximum Gasteiger partial charge on any atom is 0.143 e. The summed E-state index contributed by atoms with van der Waals surface area (Å²) < 4.78 is 0.872. The van der Waals surface area contributed by atoms with Crippen LogP contribution in [-0.4, -0.2) is 22.4 Å². The van der Waals surface area contributed by atoms with Crippen molar-refractivity contribution in [2.45, 2.75) is 6.92 Å². The minimum Gasteiger partial charge on any atom is -0.369 e. The molecule has 0 aromatic carbocycles. The van der Waals surface area contributed by atoms with Crippen LogP contribution >= 0.6 is 27.5 Å². The third kappa shape index (κ3) is 3.48. The van der Waals surface area contributed by atoms with Crippen LogP contribution in [0.3, 0.4) is 0 Å². The molecule has 0 amide bonds. The molecular formula is C8H11BrClN3. The van der Waals surface area contributed by atoms with Gasteiger partial charge in [0.05, 0.1) is 4.47 Å². The third-order valence-electron chi connectivity index (χ3n) is 1.55. The number of anilines is 1. The van der Waals surface area contributed by atoms with E-state index < -0.39 is 0 Å². The van der Waals surface area contributed by atoms with Gasteiger partial charge >= 0.3 is 0 Å². The standard InChI is InChI=1S/C8H11BrClN3/c1-6(2-10)3-12-8-7(9)4-11-5-13-8/h4-6H,2-3H2,1H3,(H,11,12,13). The summed E-state index contributed by atoms with van der Waals surface area (Å²) in [7, 11) is 0. The van der Waals surface area contributed by atoms with E-state index in [0.717, 1.165) is 16.8 Å². The smallest absolute Gasteiger partial charge is 0.143 e. The van der Waals surface area contributed by atoms with Gasteiger partial charge < -0.3 is 5.32 Å². The number of nitrogens with zero attached hydrogens (tertiary/aromatic N) is 2. The second-order valence-electron chi connectivity index (χ2n) is 2.86. The Labute approximate surface area is 91.1 Å². The summed E-state index contributed by atoms with van der Waals surface area (Å²) >= 11 is 9.02. The van der Waals surface area contributed by atoms with Crippen LogP contribution in [0.4, 0.5) is 5.82 Å². The fourth-order valence-corrected chi connectivity index (χ4v) is 1.24. The maximum absolute atomic E-state index is 5.67. The van der Waals surface area contributed by atoms with E-state index >= 15 is 0 Å². The van der Waals surface area contributed by atoms with Crippen molar-refractivity contribution < 1.29 is 0 Å². The normalized spacial score (nSPS) is 12.5. The van der Waals surface area contributed by atoms with Crippen LogP contribution in [0.1, 0.15) is 6.92 Å². The highest BCUT2D eigenvalue weighted by Gasteiger charge is 2.02. The molecule has 0 spiro atoms. The van der Waals surface area contributed by atoms with Crippen LogP contribution in [0, 0.1) is 5.92 Å². The number of nitrogens with one attached hydrogen (secondary N) is 1. The summed E-state index contributed by atoms with van der Waals surface area (Å²) in [5, 5.41) is 3.18. The Kier molecular flexibility index (Phi) is 4.45. The van der Waals surface area contributed by atoms with E-state index in [0.29, 0.717) is 11.8 Å². The zero-order valence-corrected chi connectivity index (χ0v) is 9.64. The molecule has 0 bridgehead atoms. The van der Waals surface area contributed by atoms with E-state index in [-0.39, 0.29) is 0 Å². The minimum absolute atomic E-state index is 0.434. The Hall–Kier alpha value is -0.350. The first kappa shape index (κ1) is 10.7. The molecule has 0 radical (unpaired) electrons. The first-order valence-corrected chi connectivity index (χ1v) is 5.32. The van der Waals surface area contributed by atoms with Crippen LogP contribution in [0.25, 0.3) is 0 Å². The molecule has 1 atom stereocenters.